The zero-order valence-electron chi connectivity index (χ0n) is 6.42. The van der Waals surface area contributed by atoms with Crippen molar-refractivity contribution in [3.63, 3.8) is 0 Å². The maximum Gasteiger partial charge on any atom is 0.0864 e. The average Bonchev–Trinajstić information content (AvgIpc) is 1.63. The molecule has 0 aromatic rings. The quantitative estimate of drug-likeness (QED) is 0.316. The van der Waals surface area contributed by atoms with Crippen molar-refractivity contribution < 1.29 is 4.48 Å². The lowest BCUT2D eigenvalue weighted by Gasteiger charge is -2.22. The van der Waals surface area contributed by atoms with Crippen molar-refractivity contribution in [2.75, 3.05) is 34.2 Å². The van der Waals surface area contributed by atoms with Gasteiger partial charge in [-0.05, 0) is 0 Å². The fourth-order valence-electron chi connectivity index (χ4n) is 0.610. The highest BCUT2D eigenvalue weighted by Crippen LogP contribution is 1.92. The number of quaternary nitrogens is 1. The Morgan fingerprint density at radius 1 is 1.33 bits per heavy atom. The molecule has 0 aromatic heterocycles. The van der Waals surface area contributed by atoms with Crippen LogP contribution in [0.3, 0.4) is 0 Å². The molecule has 9 heavy (non-hydrogen) atoms. The summed E-state index contributed by atoms with van der Waals surface area (Å²) in [6.45, 7) is 1.47. The van der Waals surface area contributed by atoms with Gasteiger partial charge < -0.3 is 4.48 Å². The van der Waals surface area contributed by atoms with Crippen LogP contribution in [-0.4, -0.2) is 38.7 Å². The van der Waals surface area contributed by atoms with E-state index in [0.29, 0.717) is 6.54 Å². The Balaban J connectivity index is 3.17. The third-order valence-corrected chi connectivity index (χ3v) is 1.08. The lowest BCUT2D eigenvalue weighted by atomic mass is 10.4. The summed E-state index contributed by atoms with van der Waals surface area (Å²) < 4.78 is 0.912. The summed E-state index contributed by atoms with van der Waals surface area (Å²) in [5, 5.41) is 2.78. The van der Waals surface area contributed by atoms with E-state index in [2.05, 4.69) is 26.3 Å². The van der Waals surface area contributed by atoms with E-state index in [1.165, 1.54) is 0 Å². The smallest absolute Gasteiger partial charge is 0.0864 e. The van der Waals surface area contributed by atoms with Gasteiger partial charge in [-0.1, -0.05) is 5.18 Å². The average molecular weight is 131 g/mol. The third kappa shape index (κ3) is 7.56. The van der Waals surface area contributed by atoms with Crippen molar-refractivity contribution in [1.82, 2.24) is 0 Å². The second-order valence-corrected chi connectivity index (χ2v) is 3.22. The second-order valence-electron chi connectivity index (χ2n) is 3.22. The highest BCUT2D eigenvalue weighted by atomic mass is 16.3. The van der Waals surface area contributed by atoms with Crippen LogP contribution >= 0.6 is 0 Å². The van der Waals surface area contributed by atoms with Crippen LogP contribution in [0.1, 0.15) is 6.42 Å². The Kier molecular flexibility index (Phi) is 3.39. The molecule has 0 atom stereocenters. The van der Waals surface area contributed by atoms with Crippen LogP contribution in [0, 0.1) is 4.91 Å². The van der Waals surface area contributed by atoms with Crippen LogP contribution in [0.4, 0.5) is 0 Å². The van der Waals surface area contributed by atoms with Crippen molar-refractivity contribution in [1.29, 1.82) is 0 Å². The van der Waals surface area contributed by atoms with Crippen LogP contribution in [0.15, 0.2) is 5.18 Å². The summed E-state index contributed by atoms with van der Waals surface area (Å²) in [5.74, 6) is 0. The highest BCUT2D eigenvalue weighted by molar-refractivity contribution is 4.39. The Morgan fingerprint density at radius 2 is 1.89 bits per heavy atom. The Bertz CT molecular complexity index is 85.5. The van der Waals surface area contributed by atoms with Gasteiger partial charge >= 0.3 is 0 Å². The molecular formula is C6H15N2O+. The number of hydrogen-bond donors (Lipinski definition) is 0. The minimum Gasteiger partial charge on any atom is -0.331 e. The van der Waals surface area contributed by atoms with Gasteiger partial charge in [0.25, 0.3) is 0 Å². The first kappa shape index (κ1) is 8.56. The maximum absolute atomic E-state index is 9.63. The minimum atomic E-state index is 0.454. The molecular weight excluding hydrogens is 116 g/mol. The van der Waals surface area contributed by atoms with Crippen molar-refractivity contribution in [2.24, 2.45) is 5.18 Å². The molecule has 3 heteroatoms. The Hall–Kier alpha value is -0.440. The summed E-state index contributed by atoms with van der Waals surface area (Å²) in [6, 6.07) is 0. The topological polar surface area (TPSA) is 29.4 Å². The molecule has 0 radical (unpaired) electrons. The van der Waals surface area contributed by atoms with E-state index in [-0.39, 0.29) is 0 Å². The van der Waals surface area contributed by atoms with Gasteiger partial charge in [-0.3, -0.25) is 0 Å². The van der Waals surface area contributed by atoms with E-state index in [1.807, 2.05) is 0 Å². The van der Waals surface area contributed by atoms with E-state index in [9.17, 15) is 4.91 Å². The van der Waals surface area contributed by atoms with Crippen molar-refractivity contribution in [2.45, 2.75) is 6.42 Å². The lowest BCUT2D eigenvalue weighted by Crippen LogP contribution is -2.35. The summed E-state index contributed by atoms with van der Waals surface area (Å²) >= 11 is 0. The van der Waals surface area contributed by atoms with Crippen LogP contribution in [-0.2, 0) is 0 Å². The molecule has 0 aliphatic rings. The van der Waals surface area contributed by atoms with Gasteiger partial charge in [0.05, 0.1) is 34.2 Å². The first-order chi connectivity index (χ1) is 4.06. The molecule has 0 N–H and O–H groups in total. The van der Waals surface area contributed by atoms with Gasteiger partial charge in [-0.2, -0.15) is 4.91 Å². The van der Waals surface area contributed by atoms with E-state index >= 15 is 0 Å². The van der Waals surface area contributed by atoms with Crippen LogP contribution in [0.5, 0.6) is 0 Å². The number of hydrogen-bond acceptors (Lipinski definition) is 2. The summed E-state index contributed by atoms with van der Waals surface area (Å²) in [7, 11) is 6.31. The molecule has 0 heterocycles. The van der Waals surface area contributed by atoms with Gasteiger partial charge in [0.15, 0.2) is 0 Å². The van der Waals surface area contributed by atoms with Gasteiger partial charge in [0.2, 0.25) is 0 Å². The molecule has 0 spiro atoms. The van der Waals surface area contributed by atoms with Crippen molar-refractivity contribution in [3.8, 4) is 0 Å². The predicted molar refractivity (Wildman–Crippen MR) is 38.2 cm³/mol. The zero-order valence-corrected chi connectivity index (χ0v) is 6.42. The number of rotatable bonds is 4. The number of nitrogens with zero attached hydrogens (tertiary/aromatic N) is 2. The van der Waals surface area contributed by atoms with E-state index < -0.39 is 0 Å². The van der Waals surface area contributed by atoms with E-state index in [0.717, 1.165) is 17.4 Å². The largest absolute Gasteiger partial charge is 0.331 e. The van der Waals surface area contributed by atoms with Gasteiger partial charge in [0.1, 0.15) is 0 Å². The first-order valence-electron chi connectivity index (χ1n) is 3.16. The summed E-state index contributed by atoms with van der Waals surface area (Å²) in [5.41, 5.74) is 0. The molecule has 0 aromatic carbocycles. The molecule has 0 rings (SSSR count). The Morgan fingerprint density at radius 3 is 2.22 bits per heavy atom. The van der Waals surface area contributed by atoms with Crippen LogP contribution in [0.2, 0.25) is 0 Å². The van der Waals surface area contributed by atoms with Gasteiger partial charge in [-0.25, -0.2) is 0 Å². The molecule has 0 amide bonds. The van der Waals surface area contributed by atoms with Crippen LogP contribution in [0.25, 0.3) is 0 Å². The molecule has 0 saturated carbocycles. The molecule has 0 saturated heterocycles. The predicted octanol–water partition coefficient (Wildman–Crippen LogP) is 0.849. The molecule has 0 bridgehead atoms. The van der Waals surface area contributed by atoms with Gasteiger partial charge in [0, 0.05) is 6.42 Å². The third-order valence-electron chi connectivity index (χ3n) is 1.08. The number of nitroso groups, excluding NO2 is 1. The maximum atomic E-state index is 9.63. The molecule has 54 valence electrons. The fourth-order valence-corrected chi connectivity index (χ4v) is 0.610. The summed E-state index contributed by atoms with van der Waals surface area (Å²) in [6.07, 6.45) is 0.896. The first-order valence-corrected chi connectivity index (χ1v) is 3.16. The normalized spacial score (nSPS) is 11.4. The lowest BCUT2D eigenvalue weighted by molar-refractivity contribution is -0.870. The highest BCUT2D eigenvalue weighted by Gasteiger charge is 2.04. The monoisotopic (exact) mass is 131 g/mol. The summed E-state index contributed by atoms with van der Waals surface area (Å²) in [4.78, 5) is 9.63. The zero-order chi connectivity index (χ0) is 7.33. The Labute approximate surface area is 56.2 Å². The molecule has 0 aliphatic carbocycles. The SMILES string of the molecule is C[N+](C)(C)CCCN=O. The standard InChI is InChI=1S/C6H15N2O/c1-8(2,3)6-4-5-7-9/h4-6H2,1-3H3/q+1. The molecule has 0 unspecified atom stereocenters. The molecule has 3 nitrogen and oxygen atoms in total. The fraction of sp³-hybridized carbons (Fsp3) is 1.00. The second kappa shape index (κ2) is 3.56. The molecule has 0 fully saturated rings. The molecule has 0 aliphatic heterocycles. The van der Waals surface area contributed by atoms with E-state index in [1.54, 1.807) is 0 Å². The van der Waals surface area contributed by atoms with Crippen molar-refractivity contribution in [3.05, 3.63) is 4.91 Å². The minimum absolute atomic E-state index is 0.454. The van der Waals surface area contributed by atoms with E-state index in [4.69, 9.17) is 0 Å². The van der Waals surface area contributed by atoms with Crippen LogP contribution < -0.4 is 0 Å². The van der Waals surface area contributed by atoms with Gasteiger partial charge in [-0.15, -0.1) is 0 Å². The van der Waals surface area contributed by atoms with Crippen molar-refractivity contribution >= 4 is 0 Å².